The van der Waals surface area contributed by atoms with Gasteiger partial charge in [0.2, 0.25) is 0 Å². The topological polar surface area (TPSA) is 0 Å². The van der Waals surface area contributed by atoms with E-state index in [0.717, 1.165) is 0 Å². The molecule has 0 amide bonds. The average Bonchev–Trinajstić information content (AvgIpc) is 2.59. The van der Waals surface area contributed by atoms with Gasteiger partial charge in [-0.2, -0.15) is 11.3 Å². The zero-order chi connectivity index (χ0) is 6.81. The van der Waals surface area contributed by atoms with Crippen molar-refractivity contribution in [2.24, 2.45) is 0 Å². The number of rotatable bonds is 1. The van der Waals surface area contributed by atoms with Crippen LogP contribution in [0, 0.1) is 5.38 Å². The predicted molar refractivity (Wildman–Crippen MR) is 46.5 cm³/mol. The molecular formula is C8H5S2. The monoisotopic (exact) mass is 165 g/mol. The van der Waals surface area contributed by atoms with Gasteiger partial charge in [-0.1, -0.05) is 0 Å². The molecule has 0 aliphatic carbocycles. The molecule has 0 aliphatic heterocycles. The van der Waals surface area contributed by atoms with E-state index < -0.39 is 0 Å². The van der Waals surface area contributed by atoms with Crippen molar-refractivity contribution >= 4 is 22.7 Å². The quantitative estimate of drug-likeness (QED) is 0.608. The summed E-state index contributed by atoms with van der Waals surface area (Å²) >= 11 is 3.39. The summed E-state index contributed by atoms with van der Waals surface area (Å²) in [5, 5.41) is 7.31. The molecule has 49 valence electrons. The van der Waals surface area contributed by atoms with Gasteiger partial charge in [-0.25, -0.2) is 0 Å². The highest BCUT2D eigenvalue weighted by atomic mass is 32.1. The van der Waals surface area contributed by atoms with Gasteiger partial charge in [0.05, 0.1) is 0 Å². The molecule has 0 unspecified atom stereocenters. The SMILES string of the molecule is [c]1ccc(-c2ccsc2)s1. The third kappa shape index (κ3) is 1.00. The molecule has 0 nitrogen and oxygen atoms in total. The molecule has 0 atom stereocenters. The zero-order valence-electron chi connectivity index (χ0n) is 5.20. The Bertz CT molecular complexity index is 247. The van der Waals surface area contributed by atoms with Crippen LogP contribution < -0.4 is 0 Å². The van der Waals surface area contributed by atoms with Crippen molar-refractivity contribution in [2.75, 3.05) is 0 Å². The molecule has 0 N–H and O–H groups in total. The van der Waals surface area contributed by atoms with Crippen LogP contribution >= 0.6 is 22.7 Å². The molecule has 0 fully saturated rings. The van der Waals surface area contributed by atoms with Gasteiger partial charge < -0.3 is 0 Å². The molecule has 2 aromatic rings. The number of thiophene rings is 2. The van der Waals surface area contributed by atoms with Gasteiger partial charge in [0.15, 0.2) is 0 Å². The first-order chi connectivity index (χ1) is 4.97. The minimum absolute atomic E-state index is 1.31. The number of hydrogen-bond acceptors (Lipinski definition) is 2. The molecule has 2 rings (SSSR count). The summed E-state index contributed by atoms with van der Waals surface area (Å²) in [6.07, 6.45) is 0. The van der Waals surface area contributed by atoms with Crippen molar-refractivity contribution in [3.05, 3.63) is 34.3 Å². The Morgan fingerprint density at radius 1 is 1.30 bits per heavy atom. The van der Waals surface area contributed by atoms with Crippen molar-refractivity contribution in [1.82, 2.24) is 0 Å². The first-order valence-electron chi connectivity index (χ1n) is 2.95. The van der Waals surface area contributed by atoms with Crippen molar-refractivity contribution in [3.63, 3.8) is 0 Å². The molecule has 0 aliphatic rings. The summed E-state index contributed by atoms with van der Waals surface area (Å²) in [6, 6.07) is 6.18. The van der Waals surface area contributed by atoms with Gasteiger partial charge in [-0.05, 0) is 29.0 Å². The Labute approximate surface area is 67.8 Å². The van der Waals surface area contributed by atoms with E-state index in [4.69, 9.17) is 0 Å². The second kappa shape index (κ2) is 2.56. The molecule has 10 heavy (non-hydrogen) atoms. The summed E-state index contributed by atoms with van der Waals surface area (Å²) in [5.74, 6) is 0. The molecule has 2 aromatic heterocycles. The molecule has 2 heterocycles. The van der Waals surface area contributed by atoms with Crippen LogP contribution in [-0.2, 0) is 0 Å². The Kier molecular flexibility index (Phi) is 1.57. The standard InChI is InChI=1S/C8H5S2/c1-2-8(10-4-1)7-3-5-9-6-7/h1-3,5-6H. The zero-order valence-corrected chi connectivity index (χ0v) is 6.84. The lowest BCUT2D eigenvalue weighted by Gasteiger charge is -1.85. The van der Waals surface area contributed by atoms with E-state index in [0.29, 0.717) is 0 Å². The molecule has 0 aromatic carbocycles. The lowest BCUT2D eigenvalue weighted by atomic mass is 10.3. The van der Waals surface area contributed by atoms with E-state index in [9.17, 15) is 0 Å². The highest BCUT2D eigenvalue weighted by molar-refractivity contribution is 7.13. The van der Waals surface area contributed by atoms with Crippen LogP contribution in [0.25, 0.3) is 10.4 Å². The van der Waals surface area contributed by atoms with E-state index in [1.165, 1.54) is 10.4 Å². The summed E-state index contributed by atoms with van der Waals surface area (Å²) in [7, 11) is 0. The molecule has 0 bridgehead atoms. The maximum absolute atomic E-state index is 3.06. The Morgan fingerprint density at radius 3 is 2.90 bits per heavy atom. The molecular weight excluding hydrogens is 160 g/mol. The molecule has 2 heteroatoms. The van der Waals surface area contributed by atoms with Crippen molar-refractivity contribution in [1.29, 1.82) is 0 Å². The third-order valence-corrected chi connectivity index (χ3v) is 2.81. The van der Waals surface area contributed by atoms with Gasteiger partial charge in [-0.15, -0.1) is 11.3 Å². The highest BCUT2D eigenvalue weighted by Crippen LogP contribution is 2.25. The van der Waals surface area contributed by atoms with Crippen LogP contribution in [0.2, 0.25) is 0 Å². The fraction of sp³-hybridized carbons (Fsp3) is 0. The minimum atomic E-state index is 1.31. The highest BCUT2D eigenvalue weighted by Gasteiger charge is 1.95. The van der Waals surface area contributed by atoms with Crippen molar-refractivity contribution in [2.45, 2.75) is 0 Å². The lowest BCUT2D eigenvalue weighted by molar-refractivity contribution is 1.89. The molecule has 0 saturated heterocycles. The van der Waals surface area contributed by atoms with E-state index in [-0.39, 0.29) is 0 Å². The van der Waals surface area contributed by atoms with Crippen LogP contribution in [0.5, 0.6) is 0 Å². The van der Waals surface area contributed by atoms with Gasteiger partial charge in [-0.3, -0.25) is 0 Å². The summed E-state index contributed by atoms with van der Waals surface area (Å²) in [6.45, 7) is 0. The minimum Gasteiger partial charge on any atom is -0.152 e. The predicted octanol–water partition coefficient (Wildman–Crippen LogP) is 3.28. The molecule has 0 spiro atoms. The van der Waals surface area contributed by atoms with E-state index in [2.05, 4.69) is 28.3 Å². The van der Waals surface area contributed by atoms with Gasteiger partial charge in [0.25, 0.3) is 0 Å². The van der Waals surface area contributed by atoms with Crippen LogP contribution in [0.3, 0.4) is 0 Å². The Morgan fingerprint density at radius 2 is 2.30 bits per heavy atom. The summed E-state index contributed by atoms with van der Waals surface area (Å²) in [5.41, 5.74) is 1.32. The first-order valence-corrected chi connectivity index (χ1v) is 4.71. The van der Waals surface area contributed by atoms with Crippen LogP contribution in [0.1, 0.15) is 0 Å². The van der Waals surface area contributed by atoms with Gasteiger partial charge >= 0.3 is 0 Å². The lowest BCUT2D eigenvalue weighted by Crippen LogP contribution is -1.58. The summed E-state index contributed by atoms with van der Waals surface area (Å²) in [4.78, 5) is 1.31. The second-order valence-electron chi connectivity index (χ2n) is 1.93. The maximum Gasteiger partial charge on any atom is 0.0449 e. The summed E-state index contributed by atoms with van der Waals surface area (Å²) < 4.78 is 0. The normalized spacial score (nSPS) is 10.0. The van der Waals surface area contributed by atoms with E-state index >= 15 is 0 Å². The molecule has 1 radical (unpaired) electrons. The van der Waals surface area contributed by atoms with Crippen molar-refractivity contribution < 1.29 is 0 Å². The van der Waals surface area contributed by atoms with Crippen LogP contribution in [0.4, 0.5) is 0 Å². The van der Waals surface area contributed by atoms with Gasteiger partial charge in [0, 0.05) is 15.8 Å². The Hall–Kier alpha value is -0.600. The van der Waals surface area contributed by atoms with E-state index in [1.54, 1.807) is 22.7 Å². The fourth-order valence-corrected chi connectivity index (χ4v) is 2.18. The van der Waals surface area contributed by atoms with Gasteiger partial charge in [0.1, 0.15) is 0 Å². The smallest absolute Gasteiger partial charge is 0.0449 e. The first kappa shape index (κ1) is 6.13. The Balaban J connectivity index is 2.48. The van der Waals surface area contributed by atoms with E-state index in [1.807, 2.05) is 6.07 Å². The molecule has 0 saturated carbocycles. The largest absolute Gasteiger partial charge is 0.152 e. The van der Waals surface area contributed by atoms with Crippen LogP contribution in [0.15, 0.2) is 29.0 Å². The fourth-order valence-electron chi connectivity index (χ4n) is 0.801. The number of hydrogen-bond donors (Lipinski definition) is 0. The van der Waals surface area contributed by atoms with Crippen LogP contribution in [-0.4, -0.2) is 0 Å². The third-order valence-electron chi connectivity index (χ3n) is 1.28. The van der Waals surface area contributed by atoms with Crippen molar-refractivity contribution in [3.8, 4) is 10.4 Å². The second-order valence-corrected chi connectivity index (χ2v) is 3.59. The average molecular weight is 165 g/mol. The maximum atomic E-state index is 3.06.